The maximum Gasteiger partial charge on any atom is 0.337 e. The van der Waals surface area contributed by atoms with Gasteiger partial charge in [-0.15, -0.1) is 0 Å². The predicted molar refractivity (Wildman–Crippen MR) is 92.1 cm³/mol. The van der Waals surface area contributed by atoms with E-state index in [9.17, 15) is 18.0 Å². The number of rotatable bonds is 6. The molecule has 2 aromatic rings. The van der Waals surface area contributed by atoms with E-state index in [0.717, 1.165) is 6.08 Å². The maximum absolute atomic E-state index is 12.6. The molecule has 0 aromatic heterocycles. The number of para-hydroxylation sites is 1. The molecular weight excluding hydrogens is 346 g/mol. The molecule has 2 aromatic carbocycles. The van der Waals surface area contributed by atoms with Gasteiger partial charge in [-0.3, -0.25) is 4.72 Å². The Hall–Kier alpha value is -3.13. The largest absolute Gasteiger partial charge is 0.478 e. The molecule has 0 amide bonds. The summed E-state index contributed by atoms with van der Waals surface area (Å²) in [6, 6.07) is 10.1. The molecule has 0 saturated heterocycles. The normalized spacial score (nSPS) is 11.4. The second-order valence-corrected chi connectivity index (χ2v) is 6.80. The average Bonchev–Trinajstić information content (AvgIpc) is 2.53. The van der Waals surface area contributed by atoms with Gasteiger partial charge in [-0.2, -0.15) is 0 Å². The number of nitrogens with one attached hydrogen (secondary N) is 1. The first-order valence-electron chi connectivity index (χ1n) is 7.07. The Balaban J connectivity index is 2.45. The maximum atomic E-state index is 12.6. The summed E-state index contributed by atoms with van der Waals surface area (Å²) in [6.07, 6.45) is 2.17. The van der Waals surface area contributed by atoms with Crippen LogP contribution >= 0.6 is 0 Å². The van der Waals surface area contributed by atoms with Crippen LogP contribution in [0.4, 0.5) is 5.69 Å². The third kappa shape index (κ3) is 4.45. The first kappa shape index (κ1) is 18.2. The predicted octanol–water partition coefficient (Wildman–Crippen LogP) is 2.59. The SMILES string of the molecule is Cc1ccc(C=CC(=O)O)cc1S(=O)(=O)Nc1ccccc1C(=O)O. The van der Waals surface area contributed by atoms with Crippen molar-refractivity contribution >= 4 is 33.7 Å². The highest BCUT2D eigenvalue weighted by Gasteiger charge is 2.20. The lowest BCUT2D eigenvalue weighted by molar-refractivity contribution is -0.131. The van der Waals surface area contributed by atoms with E-state index in [1.807, 2.05) is 0 Å². The molecule has 25 heavy (non-hydrogen) atoms. The Bertz CT molecular complexity index is 963. The van der Waals surface area contributed by atoms with Crippen LogP contribution in [0.5, 0.6) is 0 Å². The molecule has 0 bridgehead atoms. The first-order chi connectivity index (χ1) is 11.7. The van der Waals surface area contributed by atoms with Crippen LogP contribution < -0.4 is 4.72 Å². The van der Waals surface area contributed by atoms with Gasteiger partial charge in [-0.1, -0.05) is 24.3 Å². The summed E-state index contributed by atoms with van der Waals surface area (Å²) in [5.74, 6) is -2.41. The number of carboxylic acid groups (broad SMARTS) is 2. The van der Waals surface area contributed by atoms with E-state index in [2.05, 4.69) is 4.72 Å². The summed E-state index contributed by atoms with van der Waals surface area (Å²) < 4.78 is 27.6. The fraction of sp³-hybridized carbons (Fsp3) is 0.0588. The second kappa shape index (κ2) is 7.18. The van der Waals surface area contributed by atoms with E-state index in [1.165, 1.54) is 36.4 Å². The zero-order chi connectivity index (χ0) is 18.6. The highest BCUT2D eigenvalue weighted by Crippen LogP contribution is 2.23. The molecule has 0 saturated carbocycles. The number of sulfonamides is 1. The third-order valence-corrected chi connectivity index (χ3v) is 4.83. The number of aromatic carboxylic acids is 1. The molecule has 0 aliphatic heterocycles. The van der Waals surface area contributed by atoms with Gasteiger partial charge in [0.1, 0.15) is 0 Å². The Morgan fingerprint density at radius 1 is 1.08 bits per heavy atom. The Kier molecular flexibility index (Phi) is 5.23. The van der Waals surface area contributed by atoms with Crippen LogP contribution in [0.2, 0.25) is 0 Å². The molecule has 0 aliphatic rings. The molecule has 0 atom stereocenters. The molecule has 130 valence electrons. The van der Waals surface area contributed by atoms with Crippen LogP contribution in [0.3, 0.4) is 0 Å². The Morgan fingerprint density at radius 2 is 1.76 bits per heavy atom. The number of benzene rings is 2. The Labute approximate surface area is 144 Å². The van der Waals surface area contributed by atoms with Gasteiger partial charge in [0.05, 0.1) is 16.1 Å². The summed E-state index contributed by atoms with van der Waals surface area (Å²) in [5.41, 5.74) is 0.596. The lowest BCUT2D eigenvalue weighted by atomic mass is 10.1. The van der Waals surface area contributed by atoms with Crippen molar-refractivity contribution in [2.45, 2.75) is 11.8 Å². The van der Waals surface area contributed by atoms with Crippen LogP contribution in [0, 0.1) is 6.92 Å². The second-order valence-electron chi connectivity index (χ2n) is 5.15. The van der Waals surface area contributed by atoms with Crippen molar-refractivity contribution in [1.82, 2.24) is 0 Å². The van der Waals surface area contributed by atoms with Gasteiger partial charge in [0, 0.05) is 6.08 Å². The van der Waals surface area contributed by atoms with Crippen LogP contribution in [0.15, 0.2) is 53.4 Å². The lowest BCUT2D eigenvalue weighted by Gasteiger charge is -2.13. The van der Waals surface area contributed by atoms with Gasteiger partial charge in [0.15, 0.2) is 0 Å². The molecule has 0 radical (unpaired) electrons. The average molecular weight is 361 g/mol. The summed E-state index contributed by atoms with van der Waals surface area (Å²) in [4.78, 5) is 21.7. The van der Waals surface area contributed by atoms with Gasteiger partial charge in [-0.05, 0) is 42.3 Å². The summed E-state index contributed by atoms with van der Waals surface area (Å²) in [6.45, 7) is 1.59. The summed E-state index contributed by atoms with van der Waals surface area (Å²) in [7, 11) is -4.06. The van der Waals surface area contributed by atoms with Crippen molar-refractivity contribution in [2.24, 2.45) is 0 Å². The highest BCUT2D eigenvalue weighted by atomic mass is 32.2. The van der Waals surface area contributed by atoms with Gasteiger partial charge >= 0.3 is 11.9 Å². The van der Waals surface area contributed by atoms with Crippen molar-refractivity contribution in [2.75, 3.05) is 4.72 Å². The number of aliphatic carboxylic acids is 1. The smallest absolute Gasteiger partial charge is 0.337 e. The number of aryl methyl sites for hydroxylation is 1. The standard InChI is InChI=1S/C17H15NO6S/c1-11-6-7-12(8-9-16(19)20)10-15(11)25(23,24)18-14-5-3-2-4-13(14)17(21)22/h2-10,18H,1H3,(H,19,20)(H,21,22). The minimum atomic E-state index is -4.06. The fourth-order valence-electron chi connectivity index (χ4n) is 2.14. The number of hydrogen-bond acceptors (Lipinski definition) is 4. The number of carbonyl (C=O) groups is 2. The molecule has 0 aliphatic carbocycles. The van der Waals surface area contributed by atoms with E-state index in [0.29, 0.717) is 11.1 Å². The molecule has 0 unspecified atom stereocenters. The van der Waals surface area contributed by atoms with Crippen molar-refractivity contribution in [3.63, 3.8) is 0 Å². The Morgan fingerprint density at radius 3 is 2.40 bits per heavy atom. The van der Waals surface area contributed by atoms with Crippen molar-refractivity contribution in [3.8, 4) is 0 Å². The third-order valence-electron chi connectivity index (χ3n) is 3.32. The molecule has 7 nitrogen and oxygen atoms in total. The van der Waals surface area contributed by atoms with E-state index in [-0.39, 0.29) is 16.1 Å². The minimum Gasteiger partial charge on any atom is -0.478 e. The van der Waals surface area contributed by atoms with E-state index in [4.69, 9.17) is 10.2 Å². The quantitative estimate of drug-likeness (QED) is 0.680. The molecule has 2 rings (SSSR count). The zero-order valence-corrected chi connectivity index (χ0v) is 13.9. The number of anilines is 1. The first-order valence-corrected chi connectivity index (χ1v) is 8.56. The van der Waals surface area contributed by atoms with Crippen LogP contribution in [0.25, 0.3) is 6.08 Å². The van der Waals surface area contributed by atoms with E-state index >= 15 is 0 Å². The van der Waals surface area contributed by atoms with Gasteiger partial charge in [0.2, 0.25) is 0 Å². The van der Waals surface area contributed by atoms with Crippen LogP contribution in [0.1, 0.15) is 21.5 Å². The van der Waals surface area contributed by atoms with E-state index in [1.54, 1.807) is 19.1 Å². The van der Waals surface area contributed by atoms with Crippen molar-refractivity contribution in [1.29, 1.82) is 0 Å². The van der Waals surface area contributed by atoms with Crippen molar-refractivity contribution < 1.29 is 28.2 Å². The molecule has 0 spiro atoms. The van der Waals surface area contributed by atoms with Gasteiger partial charge in [0.25, 0.3) is 10.0 Å². The summed E-state index contributed by atoms with van der Waals surface area (Å²) in [5, 5.41) is 17.8. The van der Waals surface area contributed by atoms with Gasteiger partial charge < -0.3 is 10.2 Å². The molecule has 0 fully saturated rings. The fourth-order valence-corrected chi connectivity index (χ4v) is 3.50. The zero-order valence-electron chi connectivity index (χ0n) is 13.1. The topological polar surface area (TPSA) is 121 Å². The minimum absolute atomic E-state index is 0.0547. The highest BCUT2D eigenvalue weighted by molar-refractivity contribution is 7.92. The van der Waals surface area contributed by atoms with Crippen LogP contribution in [-0.2, 0) is 14.8 Å². The number of carboxylic acids is 2. The molecular formula is C17H15NO6S. The van der Waals surface area contributed by atoms with Gasteiger partial charge in [-0.25, -0.2) is 18.0 Å². The number of hydrogen-bond donors (Lipinski definition) is 3. The lowest BCUT2D eigenvalue weighted by Crippen LogP contribution is -2.16. The molecule has 8 heteroatoms. The monoisotopic (exact) mass is 361 g/mol. The van der Waals surface area contributed by atoms with E-state index < -0.39 is 22.0 Å². The summed E-state index contributed by atoms with van der Waals surface area (Å²) >= 11 is 0. The van der Waals surface area contributed by atoms with Crippen LogP contribution in [-0.4, -0.2) is 30.6 Å². The van der Waals surface area contributed by atoms with Crippen molar-refractivity contribution in [3.05, 3.63) is 65.2 Å². The molecule has 3 N–H and O–H groups in total. The molecule has 0 heterocycles.